The molecule has 0 fully saturated rings. The summed E-state index contributed by atoms with van der Waals surface area (Å²) in [5.74, 6) is 0. The SMILES string of the molecule is C=CN.O. The van der Waals surface area contributed by atoms with E-state index in [0.29, 0.717) is 0 Å². The van der Waals surface area contributed by atoms with Gasteiger partial charge in [-0.25, -0.2) is 0 Å². The maximum absolute atomic E-state index is 4.61. The van der Waals surface area contributed by atoms with Gasteiger partial charge in [0.2, 0.25) is 0 Å². The van der Waals surface area contributed by atoms with Crippen LogP contribution in [0.1, 0.15) is 0 Å². The summed E-state index contributed by atoms with van der Waals surface area (Å²) in [5.41, 5.74) is 4.61. The van der Waals surface area contributed by atoms with E-state index < -0.39 is 0 Å². The Balaban J connectivity index is 0. The molecule has 0 spiro atoms. The van der Waals surface area contributed by atoms with Crippen LogP contribution in [-0.2, 0) is 0 Å². The van der Waals surface area contributed by atoms with Crippen molar-refractivity contribution in [2.24, 2.45) is 5.73 Å². The molecule has 0 aliphatic heterocycles. The maximum atomic E-state index is 4.61. The zero-order chi connectivity index (χ0) is 2.71. The molecule has 0 saturated heterocycles. The molecule has 0 aromatic carbocycles. The molecule has 0 aromatic heterocycles. The number of hydrogen-bond acceptors (Lipinski definition) is 1. The fourth-order valence-corrected chi connectivity index (χ4v) is 0. The molecule has 0 bridgehead atoms. The van der Waals surface area contributed by atoms with E-state index in [2.05, 4.69) is 12.3 Å². The molecular formula is C2H7NO. The van der Waals surface area contributed by atoms with Crippen molar-refractivity contribution in [3.63, 3.8) is 0 Å². The first-order chi connectivity index (χ1) is 1.41. The molecule has 0 atom stereocenters. The molecule has 2 heteroatoms. The van der Waals surface area contributed by atoms with Crippen LogP contribution in [0.2, 0.25) is 0 Å². The lowest BCUT2D eigenvalue weighted by atomic mass is 11.1. The molecule has 0 rings (SSSR count). The molecule has 2 nitrogen and oxygen atoms in total. The number of hydrogen-bond donors (Lipinski definition) is 1. The van der Waals surface area contributed by atoms with Crippen LogP contribution in [0.25, 0.3) is 0 Å². The third-order valence-corrected chi connectivity index (χ3v) is 0. The van der Waals surface area contributed by atoms with Crippen molar-refractivity contribution in [1.82, 2.24) is 0 Å². The van der Waals surface area contributed by atoms with E-state index in [0.717, 1.165) is 0 Å². The average molecular weight is 61.1 g/mol. The summed E-state index contributed by atoms with van der Waals surface area (Å²) in [6, 6.07) is 0. The lowest BCUT2D eigenvalue weighted by molar-refractivity contribution is 0.824. The Kier molecular flexibility index (Phi) is 54.7. The van der Waals surface area contributed by atoms with Crippen molar-refractivity contribution >= 4 is 0 Å². The van der Waals surface area contributed by atoms with Crippen molar-refractivity contribution in [3.05, 3.63) is 12.8 Å². The average Bonchev–Trinajstić information content (AvgIpc) is 0.918. The van der Waals surface area contributed by atoms with E-state index in [1.165, 1.54) is 6.20 Å². The molecule has 0 radical (unpaired) electrons. The van der Waals surface area contributed by atoms with Crippen molar-refractivity contribution in [3.8, 4) is 0 Å². The molecule has 0 aliphatic carbocycles. The second-order valence-electron chi connectivity index (χ2n) is 0.236. The Morgan fingerprint density at radius 2 is 1.75 bits per heavy atom. The summed E-state index contributed by atoms with van der Waals surface area (Å²) >= 11 is 0. The van der Waals surface area contributed by atoms with Gasteiger partial charge in [-0.05, 0) is 6.20 Å². The van der Waals surface area contributed by atoms with Gasteiger partial charge in [0.15, 0.2) is 0 Å². The molecule has 0 amide bonds. The predicted molar refractivity (Wildman–Crippen MR) is 18.0 cm³/mol. The van der Waals surface area contributed by atoms with Crippen LogP contribution in [0.4, 0.5) is 0 Å². The van der Waals surface area contributed by atoms with Gasteiger partial charge in [-0.1, -0.05) is 6.58 Å². The Morgan fingerprint density at radius 1 is 1.75 bits per heavy atom. The minimum absolute atomic E-state index is 0. The molecule has 0 aliphatic rings. The van der Waals surface area contributed by atoms with E-state index in [1.807, 2.05) is 0 Å². The lowest BCUT2D eigenvalue weighted by Crippen LogP contribution is -1.67. The summed E-state index contributed by atoms with van der Waals surface area (Å²) in [7, 11) is 0. The molecule has 4 heavy (non-hydrogen) atoms. The molecule has 4 N–H and O–H groups in total. The first kappa shape index (κ1) is 9.72. The van der Waals surface area contributed by atoms with Crippen molar-refractivity contribution in [1.29, 1.82) is 0 Å². The van der Waals surface area contributed by atoms with Gasteiger partial charge in [0.1, 0.15) is 0 Å². The third-order valence-electron chi connectivity index (χ3n) is 0. The number of nitrogens with two attached hydrogens (primary N) is 1. The minimum atomic E-state index is 0. The zero-order valence-corrected chi connectivity index (χ0v) is 2.36. The van der Waals surface area contributed by atoms with Gasteiger partial charge >= 0.3 is 0 Å². The van der Waals surface area contributed by atoms with Gasteiger partial charge in [-0.3, -0.25) is 0 Å². The Bertz CT molecular complexity index is 13.5. The standard InChI is InChI=1S/C2H5N.H2O/c1-2-3;/h2H,1,3H2;1H2. The summed E-state index contributed by atoms with van der Waals surface area (Å²) in [4.78, 5) is 0. The van der Waals surface area contributed by atoms with E-state index in [4.69, 9.17) is 0 Å². The highest BCUT2D eigenvalue weighted by atomic mass is 16.0. The maximum Gasteiger partial charge on any atom is -0.0136 e. The van der Waals surface area contributed by atoms with E-state index >= 15 is 0 Å². The van der Waals surface area contributed by atoms with E-state index in [9.17, 15) is 0 Å². The second kappa shape index (κ2) is 22.5. The Labute approximate surface area is 25.2 Å². The summed E-state index contributed by atoms with van der Waals surface area (Å²) in [6.45, 7) is 3.14. The van der Waals surface area contributed by atoms with Gasteiger partial charge in [-0.15, -0.1) is 0 Å². The highest BCUT2D eigenvalue weighted by Gasteiger charge is 1.09. The quantitative estimate of drug-likeness (QED) is 0.394. The zero-order valence-electron chi connectivity index (χ0n) is 2.36. The first-order valence-electron chi connectivity index (χ1n) is 0.742. The molecule has 0 heterocycles. The minimum Gasteiger partial charge on any atom is -0.412 e. The van der Waals surface area contributed by atoms with Gasteiger partial charge in [-0.2, -0.15) is 0 Å². The van der Waals surface area contributed by atoms with E-state index in [1.54, 1.807) is 0 Å². The van der Waals surface area contributed by atoms with Crippen molar-refractivity contribution in [2.75, 3.05) is 0 Å². The molecule has 0 aromatic rings. The summed E-state index contributed by atoms with van der Waals surface area (Å²) < 4.78 is 0. The Hall–Kier alpha value is -0.500. The van der Waals surface area contributed by atoms with Crippen LogP contribution >= 0.6 is 0 Å². The summed E-state index contributed by atoms with van der Waals surface area (Å²) in [5, 5.41) is 0. The predicted octanol–water partition coefficient (Wildman–Crippen LogP) is -0.736. The van der Waals surface area contributed by atoms with Gasteiger partial charge in [0.05, 0.1) is 0 Å². The molecular weight excluding hydrogens is 54.0 g/mol. The monoisotopic (exact) mass is 61.1 g/mol. The molecule has 0 saturated carbocycles. The highest BCUT2D eigenvalue weighted by Crippen LogP contribution is 1.13. The summed E-state index contributed by atoms with van der Waals surface area (Å²) in [6.07, 6.45) is 1.25. The van der Waals surface area contributed by atoms with Crippen LogP contribution in [-0.4, -0.2) is 5.48 Å². The van der Waals surface area contributed by atoms with Gasteiger partial charge in [0, 0.05) is 0 Å². The van der Waals surface area contributed by atoms with Crippen LogP contribution in [0.15, 0.2) is 12.8 Å². The number of rotatable bonds is 0. The molecule has 0 unspecified atom stereocenters. The molecule has 26 valence electrons. The topological polar surface area (TPSA) is 57.5 Å². The fraction of sp³-hybridized carbons (Fsp3) is 0. The Morgan fingerprint density at radius 3 is 1.75 bits per heavy atom. The smallest absolute Gasteiger partial charge is 0.0136 e. The van der Waals surface area contributed by atoms with Gasteiger partial charge in [0.25, 0.3) is 0 Å². The normalized spacial score (nSPS) is 3.00. The van der Waals surface area contributed by atoms with Gasteiger partial charge < -0.3 is 11.2 Å². The fourth-order valence-electron chi connectivity index (χ4n) is 0. The van der Waals surface area contributed by atoms with Crippen LogP contribution in [0.5, 0.6) is 0 Å². The third kappa shape index (κ3) is 1.50. The van der Waals surface area contributed by atoms with Crippen LogP contribution < -0.4 is 5.73 Å². The first-order valence-corrected chi connectivity index (χ1v) is 0.742. The van der Waals surface area contributed by atoms with Crippen molar-refractivity contribution < 1.29 is 5.48 Å². The second-order valence-corrected chi connectivity index (χ2v) is 0.236. The highest BCUT2D eigenvalue weighted by molar-refractivity contribution is 4.48. The van der Waals surface area contributed by atoms with Crippen LogP contribution in [0.3, 0.4) is 0 Å². The lowest BCUT2D eigenvalue weighted by Gasteiger charge is -1.40. The van der Waals surface area contributed by atoms with Crippen molar-refractivity contribution in [2.45, 2.75) is 0 Å². The largest absolute Gasteiger partial charge is 0.412 e. The van der Waals surface area contributed by atoms with E-state index in [-0.39, 0.29) is 5.48 Å². The van der Waals surface area contributed by atoms with Crippen LogP contribution in [0, 0.1) is 0 Å².